The summed E-state index contributed by atoms with van der Waals surface area (Å²) in [4.78, 5) is 8.72. The van der Waals surface area contributed by atoms with Crippen LogP contribution in [0.15, 0.2) is 30.7 Å². The molecule has 3 heterocycles. The van der Waals surface area contributed by atoms with Gasteiger partial charge in [-0.15, -0.1) is 0 Å². The average Bonchev–Trinajstić information content (AvgIpc) is 3.05. The van der Waals surface area contributed by atoms with Gasteiger partial charge in [-0.3, -0.25) is 9.67 Å². The highest BCUT2D eigenvalue weighted by Crippen LogP contribution is 2.24. The lowest BCUT2D eigenvalue weighted by molar-refractivity contribution is 0.536. The summed E-state index contributed by atoms with van der Waals surface area (Å²) in [5.74, 6) is 1.53. The number of aromatic nitrogens is 6. The summed E-state index contributed by atoms with van der Waals surface area (Å²) in [6.07, 6.45) is 5.39. The zero-order chi connectivity index (χ0) is 15.0. The van der Waals surface area contributed by atoms with Crippen LogP contribution in [0.3, 0.4) is 0 Å². The molecule has 0 fully saturated rings. The summed E-state index contributed by atoms with van der Waals surface area (Å²) >= 11 is 0. The summed E-state index contributed by atoms with van der Waals surface area (Å²) in [6.45, 7) is 8.11. The van der Waals surface area contributed by atoms with E-state index in [1.165, 1.54) is 0 Å². The van der Waals surface area contributed by atoms with Crippen molar-refractivity contribution in [2.45, 2.75) is 33.7 Å². The Balaban J connectivity index is 2.21. The van der Waals surface area contributed by atoms with Crippen LogP contribution in [0.25, 0.3) is 17.2 Å². The number of aryl methyl sites for hydroxylation is 2. The van der Waals surface area contributed by atoms with E-state index in [0.29, 0.717) is 0 Å². The summed E-state index contributed by atoms with van der Waals surface area (Å²) in [5, 5.41) is 8.92. The molecule has 0 saturated heterocycles. The van der Waals surface area contributed by atoms with Gasteiger partial charge in [-0.1, -0.05) is 0 Å². The largest absolute Gasteiger partial charge is 0.264 e. The van der Waals surface area contributed by atoms with E-state index in [2.05, 4.69) is 34.0 Å². The minimum Gasteiger partial charge on any atom is -0.264 e. The standard InChI is InChI=1S/C15H18N6/c1-10(2)20-14(6-8-17-20)15-18-12(4)19-21(15)13-5-7-16-9-11(13)3/h5-10H,1-4H3. The summed E-state index contributed by atoms with van der Waals surface area (Å²) < 4.78 is 3.82. The lowest BCUT2D eigenvalue weighted by Crippen LogP contribution is -2.09. The van der Waals surface area contributed by atoms with Crippen LogP contribution in [-0.4, -0.2) is 29.5 Å². The van der Waals surface area contributed by atoms with Crippen molar-refractivity contribution in [1.29, 1.82) is 0 Å². The molecular weight excluding hydrogens is 264 g/mol. The van der Waals surface area contributed by atoms with Gasteiger partial charge in [-0.25, -0.2) is 9.67 Å². The molecule has 0 saturated carbocycles. The molecule has 0 unspecified atom stereocenters. The minimum atomic E-state index is 0.263. The molecule has 0 spiro atoms. The Hall–Kier alpha value is -2.50. The van der Waals surface area contributed by atoms with E-state index in [4.69, 9.17) is 0 Å². The Morgan fingerprint density at radius 2 is 1.90 bits per heavy atom. The van der Waals surface area contributed by atoms with Gasteiger partial charge < -0.3 is 0 Å². The fourth-order valence-corrected chi connectivity index (χ4v) is 2.36. The highest BCUT2D eigenvalue weighted by molar-refractivity contribution is 5.54. The maximum atomic E-state index is 4.58. The first kappa shape index (κ1) is 13.5. The Morgan fingerprint density at radius 1 is 1.10 bits per heavy atom. The van der Waals surface area contributed by atoms with Gasteiger partial charge in [0.2, 0.25) is 0 Å². The first-order valence-corrected chi connectivity index (χ1v) is 6.96. The van der Waals surface area contributed by atoms with Crippen molar-refractivity contribution in [3.8, 4) is 17.2 Å². The molecule has 0 aliphatic heterocycles. The van der Waals surface area contributed by atoms with Gasteiger partial charge in [-0.05, 0) is 45.4 Å². The van der Waals surface area contributed by atoms with Crippen molar-refractivity contribution in [2.24, 2.45) is 0 Å². The predicted octanol–water partition coefficient (Wildman–Crippen LogP) is 2.72. The number of hydrogen-bond acceptors (Lipinski definition) is 4. The molecule has 0 bridgehead atoms. The molecule has 3 aromatic rings. The lowest BCUT2D eigenvalue weighted by atomic mass is 10.2. The van der Waals surface area contributed by atoms with E-state index in [0.717, 1.165) is 28.6 Å². The quantitative estimate of drug-likeness (QED) is 0.741. The third kappa shape index (κ3) is 2.33. The third-order valence-electron chi connectivity index (χ3n) is 3.32. The highest BCUT2D eigenvalue weighted by Gasteiger charge is 2.18. The molecule has 108 valence electrons. The van der Waals surface area contributed by atoms with Gasteiger partial charge in [0.15, 0.2) is 5.82 Å². The molecule has 0 aromatic carbocycles. The van der Waals surface area contributed by atoms with Gasteiger partial charge >= 0.3 is 0 Å². The second-order valence-electron chi connectivity index (χ2n) is 5.31. The van der Waals surface area contributed by atoms with E-state index < -0.39 is 0 Å². The van der Waals surface area contributed by atoms with Crippen LogP contribution in [0.2, 0.25) is 0 Å². The van der Waals surface area contributed by atoms with E-state index in [-0.39, 0.29) is 6.04 Å². The first-order chi connectivity index (χ1) is 10.1. The van der Waals surface area contributed by atoms with Gasteiger partial charge in [0.25, 0.3) is 0 Å². The molecule has 0 N–H and O–H groups in total. The zero-order valence-corrected chi connectivity index (χ0v) is 12.6. The maximum Gasteiger partial charge on any atom is 0.181 e. The third-order valence-corrected chi connectivity index (χ3v) is 3.32. The molecular formula is C15H18N6. The average molecular weight is 282 g/mol. The lowest BCUT2D eigenvalue weighted by Gasteiger charge is -2.12. The van der Waals surface area contributed by atoms with Gasteiger partial charge in [-0.2, -0.15) is 10.2 Å². The van der Waals surface area contributed by atoms with Crippen molar-refractivity contribution in [3.05, 3.63) is 42.1 Å². The highest BCUT2D eigenvalue weighted by atomic mass is 15.4. The molecule has 3 aromatic heterocycles. The zero-order valence-electron chi connectivity index (χ0n) is 12.6. The van der Waals surface area contributed by atoms with Crippen molar-refractivity contribution in [2.75, 3.05) is 0 Å². The van der Waals surface area contributed by atoms with Gasteiger partial charge in [0, 0.05) is 24.6 Å². The Morgan fingerprint density at radius 3 is 2.62 bits per heavy atom. The summed E-state index contributed by atoms with van der Waals surface area (Å²) in [7, 11) is 0. The molecule has 6 heteroatoms. The molecule has 0 amide bonds. The van der Waals surface area contributed by atoms with Crippen LogP contribution in [0.1, 0.15) is 31.3 Å². The number of rotatable bonds is 3. The van der Waals surface area contributed by atoms with Gasteiger partial charge in [0.1, 0.15) is 11.5 Å². The smallest absolute Gasteiger partial charge is 0.181 e. The molecule has 0 aliphatic carbocycles. The maximum absolute atomic E-state index is 4.58. The van der Waals surface area contributed by atoms with Crippen LogP contribution in [0.5, 0.6) is 0 Å². The fourth-order valence-electron chi connectivity index (χ4n) is 2.36. The van der Waals surface area contributed by atoms with Crippen LogP contribution >= 0.6 is 0 Å². The van der Waals surface area contributed by atoms with E-state index in [9.17, 15) is 0 Å². The van der Waals surface area contributed by atoms with Crippen molar-refractivity contribution < 1.29 is 0 Å². The van der Waals surface area contributed by atoms with E-state index in [1.54, 1.807) is 12.4 Å². The second-order valence-corrected chi connectivity index (χ2v) is 5.31. The molecule has 21 heavy (non-hydrogen) atoms. The molecule has 0 aliphatic rings. The molecule has 3 rings (SSSR count). The number of pyridine rings is 1. The number of hydrogen-bond donors (Lipinski definition) is 0. The van der Waals surface area contributed by atoms with Gasteiger partial charge in [0.05, 0.1) is 5.69 Å². The SMILES string of the molecule is Cc1nc(-c2ccnn2C(C)C)n(-c2ccncc2C)n1. The van der Waals surface area contributed by atoms with E-state index >= 15 is 0 Å². The Kier molecular flexibility index (Phi) is 3.29. The van der Waals surface area contributed by atoms with Crippen LogP contribution < -0.4 is 0 Å². The summed E-state index contributed by atoms with van der Waals surface area (Å²) in [6, 6.07) is 4.18. The van der Waals surface area contributed by atoms with Crippen LogP contribution in [0.4, 0.5) is 0 Å². The Labute approximate surface area is 123 Å². The second kappa shape index (κ2) is 5.12. The van der Waals surface area contributed by atoms with Crippen molar-refractivity contribution in [1.82, 2.24) is 29.5 Å². The predicted molar refractivity (Wildman–Crippen MR) is 80.2 cm³/mol. The molecule has 0 radical (unpaired) electrons. The van der Waals surface area contributed by atoms with Crippen molar-refractivity contribution >= 4 is 0 Å². The molecule has 0 atom stereocenters. The van der Waals surface area contributed by atoms with Crippen LogP contribution in [0, 0.1) is 13.8 Å². The van der Waals surface area contributed by atoms with E-state index in [1.807, 2.05) is 41.5 Å². The minimum absolute atomic E-state index is 0.263. The molecule has 6 nitrogen and oxygen atoms in total. The Bertz CT molecular complexity index is 768. The topological polar surface area (TPSA) is 61.4 Å². The van der Waals surface area contributed by atoms with Crippen molar-refractivity contribution in [3.63, 3.8) is 0 Å². The number of nitrogens with zero attached hydrogens (tertiary/aromatic N) is 6. The van der Waals surface area contributed by atoms with Crippen LogP contribution in [-0.2, 0) is 0 Å². The normalized spacial score (nSPS) is 11.3. The monoisotopic (exact) mass is 282 g/mol. The fraction of sp³-hybridized carbons (Fsp3) is 0.333. The summed E-state index contributed by atoms with van der Waals surface area (Å²) in [5.41, 5.74) is 3.00. The first-order valence-electron chi connectivity index (χ1n) is 6.96.